The third-order valence-electron chi connectivity index (χ3n) is 6.43. The van der Waals surface area contributed by atoms with Crippen molar-refractivity contribution in [2.24, 2.45) is 0 Å². The summed E-state index contributed by atoms with van der Waals surface area (Å²) in [5.74, 6) is 0.928. The fourth-order valence-corrected chi connectivity index (χ4v) is 5.91. The van der Waals surface area contributed by atoms with Crippen molar-refractivity contribution in [1.82, 2.24) is 4.48 Å². The highest BCUT2D eigenvalue weighted by Crippen LogP contribution is 2.46. The van der Waals surface area contributed by atoms with E-state index in [1.165, 1.54) is 28.2 Å². The van der Waals surface area contributed by atoms with Crippen molar-refractivity contribution < 1.29 is 9.14 Å². The van der Waals surface area contributed by atoms with Crippen LogP contribution >= 0.6 is 11.3 Å². The van der Waals surface area contributed by atoms with E-state index in [-0.39, 0.29) is 0 Å². The molecule has 7 rings (SSSR count). The second kappa shape index (κ2) is 5.74. The second-order valence-corrected chi connectivity index (χ2v) is 8.67. The Morgan fingerprint density at radius 1 is 0.867 bits per heavy atom. The minimum absolute atomic E-state index is 0.928. The molecule has 5 heteroatoms. The van der Waals surface area contributed by atoms with Crippen LogP contribution in [0.25, 0.3) is 16.8 Å². The average Bonchev–Trinajstić information content (AvgIpc) is 3.57. The van der Waals surface area contributed by atoms with Gasteiger partial charge in [0.05, 0.1) is 11.3 Å². The number of hydrogen-bond acceptors (Lipinski definition) is 2. The topological polar surface area (TPSA) is 17.2 Å². The Balaban J connectivity index is 1.65. The van der Waals surface area contributed by atoms with Crippen LogP contribution in [0.15, 0.2) is 101 Å². The quantitative estimate of drug-likeness (QED) is 0.442. The summed E-state index contributed by atoms with van der Waals surface area (Å²) in [7, 11) is 0. The molecule has 0 bridgehead atoms. The number of hydrogen-bond donors (Lipinski definition) is 0. The van der Waals surface area contributed by atoms with Gasteiger partial charge < -0.3 is 13.6 Å². The molecule has 0 radical (unpaired) electrons. The zero-order valence-electron chi connectivity index (χ0n) is 16.1. The first kappa shape index (κ1) is 16.3. The number of aromatic nitrogens is 1. The molecule has 142 valence electrons. The van der Waals surface area contributed by atoms with Crippen LogP contribution in [-0.2, 0) is 0 Å². The number of rotatable bonds is 2. The summed E-state index contributed by atoms with van der Waals surface area (Å²) in [5.41, 5.74) is 8.38. The van der Waals surface area contributed by atoms with Gasteiger partial charge in [0, 0.05) is 34.7 Å². The fraction of sp³-hybridized carbons (Fsp3) is 0. The smallest absolute Gasteiger partial charge is 0.597 e. The lowest BCUT2D eigenvalue weighted by atomic mass is 9.54. The predicted molar refractivity (Wildman–Crippen MR) is 124 cm³/mol. The summed E-state index contributed by atoms with van der Waals surface area (Å²) in [5, 5.41) is 4.37. The van der Waals surface area contributed by atoms with Gasteiger partial charge in [-0.3, -0.25) is 0 Å². The molecule has 0 spiro atoms. The average molecular weight is 404 g/mol. The normalized spacial score (nSPS) is 20.3. The molecule has 0 saturated carbocycles. The Morgan fingerprint density at radius 2 is 1.70 bits per heavy atom. The van der Waals surface area contributed by atoms with Crippen LogP contribution in [0.2, 0.25) is 0 Å². The zero-order chi connectivity index (χ0) is 19.7. The van der Waals surface area contributed by atoms with Crippen molar-refractivity contribution in [3.63, 3.8) is 0 Å². The van der Waals surface area contributed by atoms with Crippen LogP contribution in [0.5, 0.6) is 5.75 Å². The van der Waals surface area contributed by atoms with E-state index < -0.39 is 6.62 Å². The van der Waals surface area contributed by atoms with Gasteiger partial charge in [0.25, 0.3) is 0 Å². The first-order chi connectivity index (χ1) is 14.9. The Morgan fingerprint density at radius 3 is 2.57 bits per heavy atom. The maximum Gasteiger partial charge on any atom is 0.597 e. The van der Waals surface area contributed by atoms with Gasteiger partial charge in [-0.2, -0.15) is 11.3 Å². The molecule has 0 amide bonds. The lowest BCUT2D eigenvalue weighted by molar-refractivity contribution is -0.342. The number of nitrogens with zero attached hydrogens (tertiary/aromatic N) is 2. The van der Waals surface area contributed by atoms with Gasteiger partial charge in [-0.1, -0.05) is 47.9 Å². The standard InChI is InChI=1S/C25H17BN2OS/c1-2-7-19(8-3-1)26-27-15-6-10-22(27)25(18-14-16-30-17-18)23-13-12-21(28(23)26)20-9-4-5-11-24(20)29-26/h1-17H/t26-/m0/s1. The molecule has 30 heavy (non-hydrogen) atoms. The number of fused-ring (bicyclic) bond motifs is 4. The maximum atomic E-state index is 7.00. The minimum atomic E-state index is -1.71. The monoisotopic (exact) mass is 404 g/mol. The third-order valence-corrected chi connectivity index (χ3v) is 7.12. The van der Waals surface area contributed by atoms with E-state index in [4.69, 9.17) is 4.65 Å². The summed E-state index contributed by atoms with van der Waals surface area (Å²) in [4.78, 5) is 0. The predicted octanol–water partition coefficient (Wildman–Crippen LogP) is 4.73. The summed E-state index contributed by atoms with van der Waals surface area (Å²) in [6.07, 6.45) is 6.50. The number of allylic oxidation sites excluding steroid dienone is 2. The van der Waals surface area contributed by atoms with Crippen LogP contribution < -0.4 is 10.1 Å². The lowest BCUT2D eigenvalue weighted by Crippen LogP contribution is -2.70. The fourth-order valence-electron chi connectivity index (χ4n) is 5.27. The molecule has 5 heterocycles. The number of benzene rings is 2. The molecule has 1 atom stereocenters. The Hall–Kier alpha value is -3.57. The van der Waals surface area contributed by atoms with Crippen molar-refractivity contribution in [3.8, 4) is 17.0 Å². The van der Waals surface area contributed by atoms with Crippen LogP contribution in [0.1, 0.15) is 11.3 Å². The van der Waals surface area contributed by atoms with E-state index in [1.54, 1.807) is 11.3 Å². The highest BCUT2D eigenvalue weighted by Gasteiger charge is 2.56. The van der Waals surface area contributed by atoms with E-state index in [1.807, 2.05) is 0 Å². The maximum absolute atomic E-state index is 7.00. The van der Waals surface area contributed by atoms with Gasteiger partial charge in [0.2, 0.25) is 0 Å². The Labute approximate surface area is 178 Å². The van der Waals surface area contributed by atoms with Crippen molar-refractivity contribution >= 4 is 35.2 Å². The van der Waals surface area contributed by atoms with E-state index in [9.17, 15) is 0 Å². The minimum Gasteiger partial charge on any atom is -0.635 e. The number of para-hydroxylation sites is 1. The van der Waals surface area contributed by atoms with E-state index >= 15 is 0 Å². The third kappa shape index (κ3) is 1.88. The molecule has 3 aliphatic rings. The van der Waals surface area contributed by atoms with E-state index in [0.717, 1.165) is 16.8 Å². The zero-order valence-corrected chi connectivity index (χ0v) is 16.9. The van der Waals surface area contributed by atoms with Crippen molar-refractivity contribution in [2.45, 2.75) is 0 Å². The molecule has 4 aromatic rings. The first-order valence-electron chi connectivity index (χ1n) is 10.2. The molecule has 3 nitrogen and oxygen atoms in total. The first-order valence-corrected chi connectivity index (χ1v) is 11.1. The van der Waals surface area contributed by atoms with Gasteiger partial charge >= 0.3 is 6.62 Å². The molecule has 2 aromatic carbocycles. The molecule has 0 N–H and O–H groups in total. The molecule has 0 unspecified atom stereocenters. The van der Waals surface area contributed by atoms with E-state index in [2.05, 4.69) is 111 Å². The van der Waals surface area contributed by atoms with Gasteiger partial charge in [0.1, 0.15) is 6.21 Å². The van der Waals surface area contributed by atoms with Crippen LogP contribution in [0.3, 0.4) is 0 Å². The molecule has 0 aliphatic carbocycles. The van der Waals surface area contributed by atoms with E-state index in [0.29, 0.717) is 0 Å². The Bertz CT molecular complexity index is 1410. The molecule has 0 saturated heterocycles. The van der Waals surface area contributed by atoms with Gasteiger partial charge in [-0.05, 0) is 41.1 Å². The summed E-state index contributed by atoms with van der Waals surface area (Å²) >= 11 is 1.73. The highest BCUT2D eigenvalue weighted by molar-refractivity contribution is 7.08. The van der Waals surface area contributed by atoms with Crippen molar-refractivity contribution in [1.29, 1.82) is 0 Å². The largest absolute Gasteiger partial charge is 0.635 e. The molecule has 0 fully saturated rings. The summed E-state index contributed by atoms with van der Waals surface area (Å²) in [6, 6.07) is 25.7. The molecule has 2 aromatic heterocycles. The highest BCUT2D eigenvalue weighted by atomic mass is 32.1. The van der Waals surface area contributed by atoms with Crippen molar-refractivity contribution in [3.05, 3.63) is 113 Å². The summed E-state index contributed by atoms with van der Waals surface area (Å²) in [6.45, 7) is -1.71. The second-order valence-electron chi connectivity index (χ2n) is 7.89. The molecule has 3 aliphatic heterocycles. The van der Waals surface area contributed by atoms with Gasteiger partial charge in [-0.25, -0.2) is 0 Å². The van der Waals surface area contributed by atoms with Crippen LogP contribution in [0, 0.1) is 0 Å². The molecular weight excluding hydrogens is 387 g/mol. The summed E-state index contributed by atoms with van der Waals surface area (Å²) < 4.78 is 11.8. The lowest BCUT2D eigenvalue weighted by Gasteiger charge is -2.47. The molecular formula is C25H17BN2OS. The van der Waals surface area contributed by atoms with Gasteiger partial charge in [-0.15, -0.1) is 0 Å². The number of thiophene rings is 1. The van der Waals surface area contributed by atoms with Crippen molar-refractivity contribution in [2.75, 3.05) is 0 Å². The van der Waals surface area contributed by atoms with Crippen LogP contribution in [-0.4, -0.2) is 21.8 Å². The Kier molecular flexibility index (Phi) is 3.11. The SMILES string of the molecule is C1=CC2=C(c3ccsc3)c3ccc4n3[B@@-](c3ccccc3)(Oc3ccccc3-4)[N+]2=C1. The van der Waals surface area contributed by atoms with Gasteiger partial charge in [0.15, 0.2) is 5.70 Å². The van der Waals surface area contributed by atoms with Crippen LogP contribution in [0.4, 0.5) is 0 Å².